The molecule has 2 aromatic rings. The van der Waals surface area contributed by atoms with Crippen LogP contribution in [0.5, 0.6) is 0 Å². The Bertz CT molecular complexity index is 566. The van der Waals surface area contributed by atoms with Gasteiger partial charge in [0.2, 0.25) is 0 Å². The molecule has 2 aromatic heterocycles. The zero-order valence-electron chi connectivity index (χ0n) is 13.1. The van der Waals surface area contributed by atoms with E-state index in [2.05, 4.69) is 46.5 Å². The largest absolute Gasteiger partial charge is 0.370 e. The molecule has 0 aromatic carbocycles. The zero-order chi connectivity index (χ0) is 15.2. The fraction of sp³-hybridized carbons (Fsp3) is 0.533. The average Bonchev–Trinajstić information content (AvgIpc) is 2.98. The summed E-state index contributed by atoms with van der Waals surface area (Å²) < 4.78 is 5.10. The number of aromatic nitrogens is 3. The molecule has 2 N–H and O–H groups in total. The summed E-state index contributed by atoms with van der Waals surface area (Å²) in [4.78, 5) is 9.23. The Balaban J connectivity index is 2.22. The van der Waals surface area contributed by atoms with Gasteiger partial charge in [0.05, 0.1) is 12.7 Å². The second-order valence-electron chi connectivity index (χ2n) is 5.32. The van der Waals surface area contributed by atoms with Crippen LogP contribution in [0.3, 0.4) is 0 Å². The molecular weight excluding hydrogens is 266 g/mol. The SMILES string of the molecule is CCCNc1nc(C(C)C)nc(NCc2ccno2)c1C. The summed E-state index contributed by atoms with van der Waals surface area (Å²) in [6.45, 7) is 9.79. The quantitative estimate of drug-likeness (QED) is 0.814. The molecular formula is C15H23N5O. The lowest BCUT2D eigenvalue weighted by atomic mass is 10.2. The van der Waals surface area contributed by atoms with E-state index in [1.807, 2.05) is 13.0 Å². The van der Waals surface area contributed by atoms with Crippen LogP contribution in [0.15, 0.2) is 16.8 Å². The van der Waals surface area contributed by atoms with Gasteiger partial charge in [-0.15, -0.1) is 0 Å². The molecule has 2 heterocycles. The molecule has 0 bridgehead atoms. The Morgan fingerprint density at radius 3 is 2.48 bits per heavy atom. The molecule has 2 rings (SSSR count). The molecule has 0 fully saturated rings. The average molecular weight is 289 g/mol. The van der Waals surface area contributed by atoms with Gasteiger partial charge in [0.1, 0.15) is 17.5 Å². The van der Waals surface area contributed by atoms with Crippen LogP contribution in [0.4, 0.5) is 11.6 Å². The molecule has 0 aliphatic heterocycles. The monoisotopic (exact) mass is 289 g/mol. The maximum absolute atomic E-state index is 5.10. The Labute approximate surface area is 125 Å². The molecule has 0 aliphatic rings. The van der Waals surface area contributed by atoms with Crippen LogP contribution in [0, 0.1) is 6.92 Å². The highest BCUT2D eigenvalue weighted by Crippen LogP contribution is 2.23. The Morgan fingerprint density at radius 2 is 1.90 bits per heavy atom. The van der Waals surface area contributed by atoms with Crippen LogP contribution in [0.2, 0.25) is 0 Å². The Kier molecular flexibility index (Phi) is 5.14. The van der Waals surface area contributed by atoms with Crippen LogP contribution >= 0.6 is 0 Å². The summed E-state index contributed by atoms with van der Waals surface area (Å²) >= 11 is 0. The van der Waals surface area contributed by atoms with Gasteiger partial charge in [0.25, 0.3) is 0 Å². The van der Waals surface area contributed by atoms with Gasteiger partial charge in [0, 0.05) is 24.1 Å². The summed E-state index contributed by atoms with van der Waals surface area (Å²) in [5, 5.41) is 10.4. The van der Waals surface area contributed by atoms with E-state index in [1.165, 1.54) is 0 Å². The molecule has 0 atom stereocenters. The molecule has 0 saturated heterocycles. The predicted molar refractivity (Wildman–Crippen MR) is 83.5 cm³/mol. The van der Waals surface area contributed by atoms with E-state index in [0.29, 0.717) is 6.54 Å². The minimum atomic E-state index is 0.276. The van der Waals surface area contributed by atoms with E-state index in [4.69, 9.17) is 4.52 Å². The van der Waals surface area contributed by atoms with Crippen LogP contribution in [-0.2, 0) is 6.54 Å². The standard InChI is InChI=1S/C15H23N5O/c1-5-7-16-14-11(4)15(20-13(19-14)10(2)3)17-9-12-6-8-18-21-12/h6,8,10H,5,7,9H2,1-4H3,(H2,16,17,19,20). The van der Waals surface area contributed by atoms with Crippen LogP contribution in [0.25, 0.3) is 0 Å². The minimum Gasteiger partial charge on any atom is -0.370 e. The van der Waals surface area contributed by atoms with Crippen molar-refractivity contribution in [2.45, 2.75) is 46.6 Å². The Hall–Kier alpha value is -2.11. The van der Waals surface area contributed by atoms with E-state index in [9.17, 15) is 0 Å². The third-order valence-electron chi connectivity index (χ3n) is 3.14. The molecule has 0 saturated carbocycles. The first-order valence-corrected chi connectivity index (χ1v) is 7.37. The first kappa shape index (κ1) is 15.3. The van der Waals surface area contributed by atoms with Crippen molar-refractivity contribution in [1.29, 1.82) is 0 Å². The van der Waals surface area contributed by atoms with Crippen molar-refractivity contribution in [2.75, 3.05) is 17.2 Å². The first-order valence-electron chi connectivity index (χ1n) is 7.37. The van der Waals surface area contributed by atoms with E-state index in [0.717, 1.165) is 41.7 Å². The van der Waals surface area contributed by atoms with E-state index < -0.39 is 0 Å². The van der Waals surface area contributed by atoms with Crippen molar-refractivity contribution in [3.63, 3.8) is 0 Å². The summed E-state index contributed by atoms with van der Waals surface area (Å²) in [7, 11) is 0. The third-order valence-corrected chi connectivity index (χ3v) is 3.14. The van der Waals surface area contributed by atoms with Gasteiger partial charge in [-0.2, -0.15) is 0 Å². The lowest BCUT2D eigenvalue weighted by molar-refractivity contribution is 0.388. The molecule has 0 spiro atoms. The highest BCUT2D eigenvalue weighted by molar-refractivity contribution is 5.57. The molecule has 0 aliphatic carbocycles. The van der Waals surface area contributed by atoms with Crippen LogP contribution in [-0.4, -0.2) is 21.7 Å². The fourth-order valence-corrected chi connectivity index (χ4v) is 1.88. The van der Waals surface area contributed by atoms with Crippen molar-refractivity contribution in [3.8, 4) is 0 Å². The van der Waals surface area contributed by atoms with E-state index >= 15 is 0 Å². The smallest absolute Gasteiger partial charge is 0.155 e. The van der Waals surface area contributed by atoms with Gasteiger partial charge in [-0.1, -0.05) is 25.9 Å². The van der Waals surface area contributed by atoms with Crippen molar-refractivity contribution < 1.29 is 4.52 Å². The van der Waals surface area contributed by atoms with Gasteiger partial charge in [-0.25, -0.2) is 9.97 Å². The maximum Gasteiger partial charge on any atom is 0.155 e. The molecule has 114 valence electrons. The molecule has 0 amide bonds. The summed E-state index contributed by atoms with van der Waals surface area (Å²) in [6, 6.07) is 1.84. The van der Waals surface area contributed by atoms with Gasteiger partial charge < -0.3 is 15.2 Å². The molecule has 0 unspecified atom stereocenters. The van der Waals surface area contributed by atoms with Crippen molar-refractivity contribution in [3.05, 3.63) is 29.4 Å². The van der Waals surface area contributed by atoms with Crippen molar-refractivity contribution >= 4 is 11.6 Å². The summed E-state index contributed by atoms with van der Waals surface area (Å²) in [5.41, 5.74) is 1.02. The first-order chi connectivity index (χ1) is 10.1. The van der Waals surface area contributed by atoms with E-state index in [-0.39, 0.29) is 5.92 Å². The van der Waals surface area contributed by atoms with Crippen molar-refractivity contribution in [1.82, 2.24) is 15.1 Å². The number of hydrogen-bond acceptors (Lipinski definition) is 6. The van der Waals surface area contributed by atoms with Gasteiger partial charge >= 0.3 is 0 Å². The van der Waals surface area contributed by atoms with Crippen LogP contribution in [0.1, 0.15) is 50.3 Å². The lowest BCUT2D eigenvalue weighted by Gasteiger charge is -2.15. The molecule has 6 nitrogen and oxygen atoms in total. The van der Waals surface area contributed by atoms with Gasteiger partial charge in [-0.3, -0.25) is 0 Å². The van der Waals surface area contributed by atoms with Gasteiger partial charge in [-0.05, 0) is 13.3 Å². The number of nitrogens with zero attached hydrogens (tertiary/aromatic N) is 3. The predicted octanol–water partition coefficient (Wildman–Crippen LogP) is 3.33. The summed E-state index contributed by atoms with van der Waals surface area (Å²) in [6.07, 6.45) is 2.69. The molecule has 6 heteroatoms. The van der Waals surface area contributed by atoms with Crippen LogP contribution < -0.4 is 10.6 Å². The lowest BCUT2D eigenvalue weighted by Crippen LogP contribution is -2.12. The molecule has 0 radical (unpaired) electrons. The second kappa shape index (κ2) is 7.06. The number of anilines is 2. The Morgan fingerprint density at radius 1 is 1.19 bits per heavy atom. The van der Waals surface area contributed by atoms with Crippen molar-refractivity contribution in [2.24, 2.45) is 0 Å². The highest BCUT2D eigenvalue weighted by atomic mass is 16.5. The number of rotatable bonds is 7. The zero-order valence-corrected chi connectivity index (χ0v) is 13.1. The topological polar surface area (TPSA) is 75.9 Å². The summed E-state index contributed by atoms with van der Waals surface area (Å²) in [5.74, 6) is 3.62. The highest BCUT2D eigenvalue weighted by Gasteiger charge is 2.13. The fourth-order valence-electron chi connectivity index (χ4n) is 1.88. The number of hydrogen-bond donors (Lipinski definition) is 2. The third kappa shape index (κ3) is 3.93. The maximum atomic E-state index is 5.10. The van der Waals surface area contributed by atoms with E-state index in [1.54, 1.807) is 6.20 Å². The molecule has 21 heavy (non-hydrogen) atoms. The number of nitrogens with one attached hydrogen (secondary N) is 2. The minimum absolute atomic E-state index is 0.276. The second-order valence-corrected chi connectivity index (χ2v) is 5.32. The van der Waals surface area contributed by atoms with Gasteiger partial charge in [0.15, 0.2) is 5.76 Å². The normalized spacial score (nSPS) is 10.9.